The Morgan fingerprint density at radius 2 is 1.62 bits per heavy atom. The molecular formula is C12H22O. The van der Waals surface area contributed by atoms with Crippen LogP contribution in [-0.2, 0) is 6.42 Å². The molecule has 0 aliphatic rings. The summed E-state index contributed by atoms with van der Waals surface area (Å²) in [6, 6.07) is 7.44. The summed E-state index contributed by atoms with van der Waals surface area (Å²) in [4.78, 5) is 0. The van der Waals surface area contributed by atoms with Gasteiger partial charge in [-0.15, -0.1) is 0 Å². The number of hydrogen-bond donors (Lipinski definition) is 1. The van der Waals surface area contributed by atoms with E-state index in [-0.39, 0.29) is 14.9 Å². The molecule has 0 saturated carbocycles. The van der Waals surface area contributed by atoms with Gasteiger partial charge in [0.25, 0.3) is 0 Å². The molecule has 13 heavy (non-hydrogen) atoms. The van der Waals surface area contributed by atoms with Gasteiger partial charge in [0, 0.05) is 0 Å². The summed E-state index contributed by atoms with van der Waals surface area (Å²) in [6.07, 6.45) is 3.57. The predicted octanol–water partition coefficient (Wildman–Crippen LogP) is 4.01. The van der Waals surface area contributed by atoms with Crippen molar-refractivity contribution >= 4 is 0 Å². The first kappa shape index (κ1) is 14.5. The number of aromatic hydroxyl groups is 1. The second kappa shape index (κ2) is 7.66. The average Bonchev–Trinajstić information content (AvgIpc) is 2.04. The smallest absolute Gasteiger partial charge is 0.115 e. The maximum atomic E-state index is 8.98. The predicted molar refractivity (Wildman–Crippen MR) is 60.2 cm³/mol. The molecular weight excluding hydrogens is 160 g/mol. The van der Waals surface area contributed by atoms with Gasteiger partial charge < -0.3 is 5.11 Å². The highest BCUT2D eigenvalue weighted by atomic mass is 16.3. The third kappa shape index (κ3) is 5.29. The summed E-state index contributed by atoms with van der Waals surface area (Å²) >= 11 is 0. The first-order valence-electron chi connectivity index (χ1n) is 4.11. The van der Waals surface area contributed by atoms with Crippen LogP contribution in [0.5, 0.6) is 5.75 Å². The summed E-state index contributed by atoms with van der Waals surface area (Å²) in [5.41, 5.74) is 1.31. The molecule has 1 nitrogen and oxygen atoms in total. The number of phenolic OH excluding ortho intramolecular Hbond substituents is 1. The zero-order chi connectivity index (χ0) is 8.10. The number of hydrogen-bond acceptors (Lipinski definition) is 1. The molecule has 1 aromatic carbocycles. The third-order valence-corrected chi connectivity index (χ3v) is 1.76. The fourth-order valence-corrected chi connectivity index (χ4v) is 1.04. The van der Waals surface area contributed by atoms with E-state index in [0.29, 0.717) is 5.75 Å². The van der Waals surface area contributed by atoms with Crippen molar-refractivity contribution in [3.63, 3.8) is 0 Å². The molecule has 0 spiro atoms. The lowest BCUT2D eigenvalue weighted by Crippen LogP contribution is -1.82. The molecule has 1 aromatic rings. The molecule has 76 valence electrons. The van der Waals surface area contributed by atoms with Crippen molar-refractivity contribution in [3.05, 3.63) is 29.8 Å². The first-order chi connectivity index (χ1) is 5.33. The largest absolute Gasteiger partial charge is 0.508 e. The van der Waals surface area contributed by atoms with Crippen LogP contribution in [0.25, 0.3) is 0 Å². The van der Waals surface area contributed by atoms with E-state index in [1.807, 2.05) is 12.1 Å². The van der Waals surface area contributed by atoms with Crippen molar-refractivity contribution in [2.24, 2.45) is 0 Å². The van der Waals surface area contributed by atoms with Gasteiger partial charge in [-0.2, -0.15) is 0 Å². The Bertz CT molecular complexity index is 201. The van der Waals surface area contributed by atoms with Gasteiger partial charge in [0.1, 0.15) is 5.75 Å². The van der Waals surface area contributed by atoms with Crippen LogP contribution in [0.3, 0.4) is 0 Å². The molecule has 0 amide bonds. The molecule has 0 unspecified atom stereocenters. The monoisotopic (exact) mass is 182 g/mol. The Morgan fingerprint density at radius 1 is 1.08 bits per heavy atom. The Labute approximate surface area is 82.4 Å². The van der Waals surface area contributed by atoms with Gasteiger partial charge in [0.2, 0.25) is 0 Å². The zero-order valence-electron chi connectivity index (χ0n) is 6.88. The number of unbranched alkanes of at least 4 members (excludes halogenated alkanes) is 1. The number of rotatable bonds is 3. The first-order valence-corrected chi connectivity index (χ1v) is 4.11. The SMILES string of the molecule is C.C.CCCCc1ccc(O)cc1. The summed E-state index contributed by atoms with van der Waals surface area (Å²) in [5, 5.41) is 8.98. The highest BCUT2D eigenvalue weighted by Crippen LogP contribution is 2.11. The van der Waals surface area contributed by atoms with Crippen molar-refractivity contribution in [2.45, 2.75) is 41.0 Å². The second-order valence-electron chi connectivity index (χ2n) is 2.77. The van der Waals surface area contributed by atoms with Gasteiger partial charge in [0.05, 0.1) is 0 Å². The Morgan fingerprint density at radius 3 is 2.08 bits per heavy atom. The van der Waals surface area contributed by atoms with Crippen LogP contribution in [0.1, 0.15) is 40.2 Å². The van der Waals surface area contributed by atoms with E-state index in [1.54, 1.807) is 12.1 Å². The van der Waals surface area contributed by atoms with Crippen molar-refractivity contribution in [1.29, 1.82) is 0 Å². The zero-order valence-corrected chi connectivity index (χ0v) is 6.88. The minimum absolute atomic E-state index is 0. The number of aryl methyl sites for hydroxylation is 1. The molecule has 0 saturated heterocycles. The molecule has 1 N–H and O–H groups in total. The van der Waals surface area contributed by atoms with Crippen LogP contribution in [0.15, 0.2) is 24.3 Å². The van der Waals surface area contributed by atoms with Gasteiger partial charge in [-0.05, 0) is 30.5 Å². The van der Waals surface area contributed by atoms with Crippen molar-refractivity contribution < 1.29 is 5.11 Å². The van der Waals surface area contributed by atoms with E-state index in [0.717, 1.165) is 6.42 Å². The summed E-state index contributed by atoms with van der Waals surface area (Å²) < 4.78 is 0. The second-order valence-corrected chi connectivity index (χ2v) is 2.77. The van der Waals surface area contributed by atoms with Crippen LogP contribution in [0.2, 0.25) is 0 Å². The number of phenols is 1. The molecule has 0 fully saturated rings. The fraction of sp³-hybridized carbons (Fsp3) is 0.500. The topological polar surface area (TPSA) is 20.2 Å². The molecule has 0 aliphatic carbocycles. The lowest BCUT2D eigenvalue weighted by atomic mass is 10.1. The van der Waals surface area contributed by atoms with Crippen molar-refractivity contribution in [1.82, 2.24) is 0 Å². The molecule has 0 aromatic heterocycles. The molecule has 1 heteroatoms. The minimum Gasteiger partial charge on any atom is -0.508 e. The van der Waals surface area contributed by atoms with Crippen LogP contribution >= 0.6 is 0 Å². The van der Waals surface area contributed by atoms with Gasteiger partial charge >= 0.3 is 0 Å². The summed E-state index contributed by atoms with van der Waals surface area (Å²) in [7, 11) is 0. The van der Waals surface area contributed by atoms with E-state index in [1.165, 1.54) is 18.4 Å². The van der Waals surface area contributed by atoms with Gasteiger partial charge in [-0.1, -0.05) is 40.3 Å². The lowest BCUT2D eigenvalue weighted by Gasteiger charge is -1.98. The van der Waals surface area contributed by atoms with Gasteiger partial charge in [-0.3, -0.25) is 0 Å². The van der Waals surface area contributed by atoms with Crippen LogP contribution in [0.4, 0.5) is 0 Å². The van der Waals surface area contributed by atoms with E-state index >= 15 is 0 Å². The van der Waals surface area contributed by atoms with E-state index in [9.17, 15) is 0 Å². The normalized spacial score (nSPS) is 8.38. The fourth-order valence-electron chi connectivity index (χ4n) is 1.04. The highest BCUT2D eigenvalue weighted by Gasteiger charge is 1.91. The Balaban J connectivity index is 0. The molecule has 0 aliphatic heterocycles. The average molecular weight is 182 g/mol. The molecule has 0 heterocycles. The standard InChI is InChI=1S/C10H14O.2CH4/c1-2-3-4-9-5-7-10(11)8-6-9;;/h5-8,11H,2-4H2,1H3;2*1H4. The molecule has 0 bridgehead atoms. The van der Waals surface area contributed by atoms with E-state index in [2.05, 4.69) is 6.92 Å². The summed E-state index contributed by atoms with van der Waals surface area (Å²) in [6.45, 7) is 2.18. The van der Waals surface area contributed by atoms with E-state index in [4.69, 9.17) is 5.11 Å². The van der Waals surface area contributed by atoms with Gasteiger partial charge in [-0.25, -0.2) is 0 Å². The Hall–Kier alpha value is -0.980. The molecule has 0 radical (unpaired) electrons. The van der Waals surface area contributed by atoms with E-state index < -0.39 is 0 Å². The van der Waals surface area contributed by atoms with Crippen LogP contribution < -0.4 is 0 Å². The van der Waals surface area contributed by atoms with Crippen LogP contribution in [0, 0.1) is 0 Å². The quantitative estimate of drug-likeness (QED) is 0.749. The maximum absolute atomic E-state index is 8.98. The maximum Gasteiger partial charge on any atom is 0.115 e. The highest BCUT2D eigenvalue weighted by molar-refractivity contribution is 5.25. The number of benzene rings is 1. The van der Waals surface area contributed by atoms with Crippen molar-refractivity contribution in [3.8, 4) is 5.75 Å². The third-order valence-electron chi connectivity index (χ3n) is 1.76. The lowest BCUT2D eigenvalue weighted by molar-refractivity contribution is 0.475. The van der Waals surface area contributed by atoms with Gasteiger partial charge in [0.15, 0.2) is 0 Å². The minimum atomic E-state index is 0. The van der Waals surface area contributed by atoms with Crippen molar-refractivity contribution in [2.75, 3.05) is 0 Å². The van der Waals surface area contributed by atoms with Crippen LogP contribution in [-0.4, -0.2) is 5.11 Å². The molecule has 0 atom stereocenters. The Kier molecular flexibility index (Phi) is 8.56. The molecule has 1 rings (SSSR count). The summed E-state index contributed by atoms with van der Waals surface area (Å²) in [5.74, 6) is 0.352.